The summed E-state index contributed by atoms with van der Waals surface area (Å²) < 4.78 is 0. The first-order chi connectivity index (χ1) is 8.49. The number of non-ortho nitro benzene ring substituents is 1. The SMILES string of the molecule is CC1(C)CC1CNCCc1ccc([N+](=O)[O-])cc1. The Kier molecular flexibility index (Phi) is 3.66. The fourth-order valence-corrected chi connectivity index (χ4v) is 2.22. The van der Waals surface area contributed by atoms with Crippen LogP contribution in [-0.2, 0) is 6.42 Å². The van der Waals surface area contributed by atoms with Crippen LogP contribution >= 0.6 is 0 Å². The molecule has 0 aromatic heterocycles. The summed E-state index contributed by atoms with van der Waals surface area (Å²) in [7, 11) is 0. The quantitative estimate of drug-likeness (QED) is 0.478. The normalized spacial score (nSPS) is 20.7. The van der Waals surface area contributed by atoms with Crippen molar-refractivity contribution in [3.63, 3.8) is 0 Å². The molecule has 0 spiro atoms. The van der Waals surface area contributed by atoms with Crippen LogP contribution in [-0.4, -0.2) is 18.0 Å². The van der Waals surface area contributed by atoms with E-state index in [1.165, 1.54) is 6.42 Å². The Balaban J connectivity index is 1.69. The Morgan fingerprint density at radius 1 is 1.39 bits per heavy atom. The lowest BCUT2D eigenvalue weighted by molar-refractivity contribution is -0.384. The van der Waals surface area contributed by atoms with Crippen LogP contribution in [0, 0.1) is 21.4 Å². The second kappa shape index (κ2) is 5.06. The lowest BCUT2D eigenvalue weighted by atomic mass is 10.1. The second-order valence-corrected chi connectivity index (χ2v) is 5.77. The van der Waals surface area contributed by atoms with Gasteiger partial charge in [-0.15, -0.1) is 0 Å². The number of benzene rings is 1. The Morgan fingerprint density at radius 3 is 2.50 bits per heavy atom. The van der Waals surface area contributed by atoms with Crippen molar-refractivity contribution in [3.05, 3.63) is 39.9 Å². The van der Waals surface area contributed by atoms with Crippen LogP contribution in [0.4, 0.5) is 5.69 Å². The van der Waals surface area contributed by atoms with Gasteiger partial charge in [-0.1, -0.05) is 26.0 Å². The molecule has 0 saturated heterocycles. The van der Waals surface area contributed by atoms with Crippen LogP contribution in [0.25, 0.3) is 0 Å². The fourth-order valence-electron chi connectivity index (χ4n) is 2.22. The summed E-state index contributed by atoms with van der Waals surface area (Å²) in [5, 5.41) is 14.0. The largest absolute Gasteiger partial charge is 0.316 e. The molecule has 1 atom stereocenters. The number of hydrogen-bond acceptors (Lipinski definition) is 3. The van der Waals surface area contributed by atoms with E-state index in [0.717, 1.165) is 31.0 Å². The molecule has 4 nitrogen and oxygen atoms in total. The van der Waals surface area contributed by atoms with E-state index in [2.05, 4.69) is 19.2 Å². The molecule has 1 aliphatic carbocycles. The van der Waals surface area contributed by atoms with Gasteiger partial charge in [-0.25, -0.2) is 0 Å². The van der Waals surface area contributed by atoms with Crippen LogP contribution < -0.4 is 5.32 Å². The highest BCUT2D eigenvalue weighted by Gasteiger charge is 2.44. The number of nitro benzene ring substituents is 1. The third-order valence-electron chi connectivity index (χ3n) is 3.85. The van der Waals surface area contributed by atoms with E-state index in [0.29, 0.717) is 5.41 Å². The minimum Gasteiger partial charge on any atom is -0.316 e. The van der Waals surface area contributed by atoms with Crippen LogP contribution in [0.3, 0.4) is 0 Å². The molecule has 1 aromatic rings. The molecule has 0 bridgehead atoms. The molecule has 0 radical (unpaired) electrons. The maximum absolute atomic E-state index is 10.5. The lowest BCUT2D eigenvalue weighted by Crippen LogP contribution is -2.21. The van der Waals surface area contributed by atoms with Gasteiger partial charge in [0, 0.05) is 12.1 Å². The van der Waals surface area contributed by atoms with Crippen molar-refractivity contribution in [1.82, 2.24) is 5.32 Å². The van der Waals surface area contributed by atoms with E-state index in [4.69, 9.17) is 0 Å². The smallest absolute Gasteiger partial charge is 0.269 e. The first-order valence-corrected chi connectivity index (χ1v) is 6.43. The number of nitrogens with zero attached hydrogens (tertiary/aromatic N) is 1. The van der Waals surface area contributed by atoms with Crippen molar-refractivity contribution in [3.8, 4) is 0 Å². The highest BCUT2D eigenvalue weighted by Crippen LogP contribution is 2.50. The molecule has 1 aromatic carbocycles. The summed E-state index contributed by atoms with van der Waals surface area (Å²) in [5.74, 6) is 0.814. The molecule has 0 aliphatic heterocycles. The van der Waals surface area contributed by atoms with Crippen molar-refractivity contribution in [1.29, 1.82) is 0 Å². The first kappa shape index (κ1) is 13.0. The van der Waals surface area contributed by atoms with Crippen LogP contribution in [0.1, 0.15) is 25.8 Å². The van der Waals surface area contributed by atoms with E-state index in [1.807, 2.05) is 12.1 Å². The third-order valence-corrected chi connectivity index (χ3v) is 3.85. The average Bonchev–Trinajstić information content (AvgIpc) is 2.93. The maximum Gasteiger partial charge on any atom is 0.269 e. The van der Waals surface area contributed by atoms with E-state index < -0.39 is 0 Å². The van der Waals surface area contributed by atoms with Gasteiger partial charge >= 0.3 is 0 Å². The zero-order valence-electron chi connectivity index (χ0n) is 11.0. The number of hydrogen-bond donors (Lipinski definition) is 1. The van der Waals surface area contributed by atoms with Gasteiger partial charge in [0.05, 0.1) is 4.92 Å². The van der Waals surface area contributed by atoms with Crippen LogP contribution in [0.2, 0.25) is 0 Å². The monoisotopic (exact) mass is 248 g/mol. The van der Waals surface area contributed by atoms with Gasteiger partial charge < -0.3 is 5.32 Å². The highest BCUT2D eigenvalue weighted by atomic mass is 16.6. The molecule has 1 fully saturated rings. The van der Waals surface area contributed by atoms with Gasteiger partial charge in [-0.3, -0.25) is 10.1 Å². The van der Waals surface area contributed by atoms with Gasteiger partial charge in [0.2, 0.25) is 0 Å². The van der Waals surface area contributed by atoms with Crippen molar-refractivity contribution in [2.24, 2.45) is 11.3 Å². The van der Waals surface area contributed by atoms with E-state index in [-0.39, 0.29) is 10.6 Å². The van der Waals surface area contributed by atoms with Crippen molar-refractivity contribution >= 4 is 5.69 Å². The molecule has 1 saturated carbocycles. The minimum atomic E-state index is -0.364. The fraction of sp³-hybridized carbons (Fsp3) is 0.571. The number of nitro groups is 1. The summed E-state index contributed by atoms with van der Waals surface area (Å²) >= 11 is 0. The van der Waals surface area contributed by atoms with Gasteiger partial charge in [-0.05, 0) is 42.8 Å². The maximum atomic E-state index is 10.5. The van der Waals surface area contributed by atoms with E-state index >= 15 is 0 Å². The topological polar surface area (TPSA) is 55.2 Å². The number of nitrogens with one attached hydrogen (secondary N) is 1. The van der Waals surface area contributed by atoms with Gasteiger partial charge in [-0.2, -0.15) is 0 Å². The molecular weight excluding hydrogens is 228 g/mol. The highest BCUT2D eigenvalue weighted by molar-refractivity contribution is 5.32. The Labute approximate surface area is 108 Å². The van der Waals surface area contributed by atoms with E-state index in [1.54, 1.807) is 12.1 Å². The summed E-state index contributed by atoms with van der Waals surface area (Å²) in [5.41, 5.74) is 1.83. The molecule has 4 heteroatoms. The predicted octanol–water partition coefficient (Wildman–Crippen LogP) is 2.77. The van der Waals surface area contributed by atoms with Crippen molar-refractivity contribution < 1.29 is 4.92 Å². The third kappa shape index (κ3) is 3.29. The standard InChI is InChI=1S/C14H20N2O2/c1-14(2)9-12(14)10-15-8-7-11-3-5-13(6-4-11)16(17)18/h3-6,12,15H,7-10H2,1-2H3. The Morgan fingerprint density at radius 2 is 2.00 bits per heavy atom. The molecule has 1 unspecified atom stereocenters. The molecule has 0 heterocycles. The summed E-state index contributed by atoms with van der Waals surface area (Å²) in [6, 6.07) is 6.81. The minimum absolute atomic E-state index is 0.159. The molecule has 18 heavy (non-hydrogen) atoms. The molecule has 1 N–H and O–H groups in total. The molecule has 98 valence electrons. The van der Waals surface area contributed by atoms with Crippen molar-refractivity contribution in [2.75, 3.05) is 13.1 Å². The van der Waals surface area contributed by atoms with E-state index in [9.17, 15) is 10.1 Å². The number of rotatable bonds is 6. The zero-order chi connectivity index (χ0) is 13.2. The lowest BCUT2D eigenvalue weighted by Gasteiger charge is -2.06. The first-order valence-electron chi connectivity index (χ1n) is 6.43. The van der Waals surface area contributed by atoms with Gasteiger partial charge in [0.1, 0.15) is 0 Å². The Bertz CT molecular complexity index is 426. The predicted molar refractivity (Wildman–Crippen MR) is 71.6 cm³/mol. The van der Waals surface area contributed by atoms with Gasteiger partial charge in [0.25, 0.3) is 5.69 Å². The zero-order valence-corrected chi connectivity index (χ0v) is 11.0. The average molecular weight is 248 g/mol. The molecule has 0 amide bonds. The molecule has 1 aliphatic rings. The second-order valence-electron chi connectivity index (χ2n) is 5.77. The molecular formula is C14H20N2O2. The summed E-state index contributed by atoms with van der Waals surface area (Å²) in [6.07, 6.45) is 2.24. The van der Waals surface area contributed by atoms with Crippen LogP contribution in [0.5, 0.6) is 0 Å². The van der Waals surface area contributed by atoms with Crippen molar-refractivity contribution in [2.45, 2.75) is 26.7 Å². The summed E-state index contributed by atoms with van der Waals surface area (Å²) in [6.45, 7) is 6.62. The Hall–Kier alpha value is -1.42. The van der Waals surface area contributed by atoms with Gasteiger partial charge in [0.15, 0.2) is 0 Å². The molecule has 2 rings (SSSR count). The van der Waals surface area contributed by atoms with Crippen LogP contribution in [0.15, 0.2) is 24.3 Å². The summed E-state index contributed by atoms with van der Waals surface area (Å²) in [4.78, 5) is 10.1.